The molecule has 4 heteroatoms. The van der Waals surface area contributed by atoms with Crippen LogP contribution in [0.1, 0.15) is 52.7 Å². The molecule has 2 atom stereocenters. The number of hydrogen-bond acceptors (Lipinski definition) is 4. The van der Waals surface area contributed by atoms with Gasteiger partial charge in [-0.15, -0.1) is 0 Å². The van der Waals surface area contributed by atoms with E-state index in [9.17, 15) is 0 Å². The molecule has 0 spiro atoms. The molecule has 27 heavy (non-hydrogen) atoms. The monoisotopic (exact) mass is 372 g/mol. The molecule has 2 rings (SSSR count). The topological polar surface area (TPSA) is 36.9 Å². The van der Waals surface area contributed by atoms with E-state index in [2.05, 4.69) is 38.1 Å². The highest BCUT2D eigenvalue weighted by molar-refractivity contribution is 5.41. The summed E-state index contributed by atoms with van der Waals surface area (Å²) in [6.07, 6.45) is -0.499. The molecule has 0 aliphatic rings. The SMILES string of the molecule is CCOC(C)Oc1ccc(C(C)(C)c2ccc(OC(C)OCC)cc2)cc1. The van der Waals surface area contributed by atoms with E-state index in [-0.39, 0.29) is 18.0 Å². The minimum absolute atomic E-state index is 0.131. The average molecular weight is 373 g/mol. The van der Waals surface area contributed by atoms with Gasteiger partial charge in [0.15, 0.2) is 12.6 Å². The van der Waals surface area contributed by atoms with Crippen LogP contribution in [0.5, 0.6) is 11.5 Å². The fraction of sp³-hybridized carbons (Fsp3) is 0.478. The van der Waals surface area contributed by atoms with Crippen LogP contribution in [0.4, 0.5) is 0 Å². The molecule has 0 fully saturated rings. The molecule has 0 N–H and O–H groups in total. The van der Waals surface area contributed by atoms with E-state index in [1.165, 1.54) is 11.1 Å². The Labute approximate surface area is 163 Å². The van der Waals surface area contributed by atoms with Crippen molar-refractivity contribution in [2.45, 2.75) is 59.5 Å². The predicted molar refractivity (Wildman–Crippen MR) is 108 cm³/mol. The van der Waals surface area contributed by atoms with Gasteiger partial charge < -0.3 is 18.9 Å². The molecular formula is C23H32O4. The summed E-state index contributed by atoms with van der Waals surface area (Å²) in [4.78, 5) is 0. The molecule has 0 saturated heterocycles. The van der Waals surface area contributed by atoms with Gasteiger partial charge in [-0.05, 0) is 63.1 Å². The van der Waals surface area contributed by atoms with Gasteiger partial charge in [-0.3, -0.25) is 0 Å². The van der Waals surface area contributed by atoms with Gasteiger partial charge >= 0.3 is 0 Å². The predicted octanol–water partition coefficient (Wildman–Crippen LogP) is 5.54. The first-order chi connectivity index (χ1) is 12.9. The fourth-order valence-electron chi connectivity index (χ4n) is 2.99. The molecule has 2 aromatic rings. The van der Waals surface area contributed by atoms with Crippen LogP contribution in [-0.4, -0.2) is 25.8 Å². The molecule has 0 bridgehead atoms. The number of rotatable bonds is 10. The summed E-state index contributed by atoms with van der Waals surface area (Å²) in [6, 6.07) is 16.4. The first kappa shape index (κ1) is 21.3. The maximum atomic E-state index is 5.75. The first-order valence-electron chi connectivity index (χ1n) is 9.64. The van der Waals surface area contributed by atoms with Crippen molar-refractivity contribution in [2.24, 2.45) is 0 Å². The highest BCUT2D eigenvalue weighted by Gasteiger charge is 2.23. The largest absolute Gasteiger partial charge is 0.465 e. The van der Waals surface area contributed by atoms with E-state index in [0.717, 1.165) is 11.5 Å². The van der Waals surface area contributed by atoms with Crippen molar-refractivity contribution in [3.63, 3.8) is 0 Å². The van der Waals surface area contributed by atoms with Crippen LogP contribution in [0.25, 0.3) is 0 Å². The van der Waals surface area contributed by atoms with Crippen molar-refractivity contribution in [1.82, 2.24) is 0 Å². The Morgan fingerprint density at radius 3 is 1.30 bits per heavy atom. The van der Waals surface area contributed by atoms with E-state index >= 15 is 0 Å². The molecule has 2 unspecified atom stereocenters. The van der Waals surface area contributed by atoms with Crippen LogP contribution in [0.15, 0.2) is 48.5 Å². The lowest BCUT2D eigenvalue weighted by atomic mass is 9.78. The third-order valence-corrected chi connectivity index (χ3v) is 4.56. The van der Waals surface area contributed by atoms with Crippen LogP contribution in [0, 0.1) is 0 Å². The minimum atomic E-state index is -0.250. The van der Waals surface area contributed by atoms with E-state index in [0.29, 0.717) is 13.2 Å². The second kappa shape index (κ2) is 9.77. The molecule has 148 valence electrons. The maximum Gasteiger partial charge on any atom is 0.196 e. The van der Waals surface area contributed by atoms with Gasteiger partial charge in [0.25, 0.3) is 0 Å². The maximum absolute atomic E-state index is 5.75. The molecule has 0 heterocycles. The zero-order valence-electron chi connectivity index (χ0n) is 17.3. The van der Waals surface area contributed by atoms with Crippen LogP contribution in [0.3, 0.4) is 0 Å². The summed E-state index contributed by atoms with van der Waals surface area (Å²) in [5.74, 6) is 1.62. The Bertz CT molecular complexity index is 617. The van der Waals surface area contributed by atoms with Gasteiger partial charge in [-0.1, -0.05) is 38.1 Å². The summed E-state index contributed by atoms with van der Waals surface area (Å²) in [5, 5.41) is 0. The second-order valence-corrected chi connectivity index (χ2v) is 6.96. The van der Waals surface area contributed by atoms with E-state index < -0.39 is 0 Å². The van der Waals surface area contributed by atoms with E-state index in [1.54, 1.807) is 0 Å². The third-order valence-electron chi connectivity index (χ3n) is 4.56. The lowest BCUT2D eigenvalue weighted by molar-refractivity contribution is -0.0616. The average Bonchev–Trinajstić information content (AvgIpc) is 2.63. The molecule has 4 nitrogen and oxygen atoms in total. The number of hydrogen-bond donors (Lipinski definition) is 0. The summed E-state index contributed by atoms with van der Waals surface area (Å²) in [5.41, 5.74) is 2.30. The normalized spacial score (nSPS) is 13.9. The summed E-state index contributed by atoms with van der Waals surface area (Å²) in [7, 11) is 0. The van der Waals surface area contributed by atoms with Crippen LogP contribution >= 0.6 is 0 Å². The minimum Gasteiger partial charge on any atom is -0.465 e. The van der Waals surface area contributed by atoms with Gasteiger partial charge in [0.05, 0.1) is 0 Å². The van der Waals surface area contributed by atoms with Crippen molar-refractivity contribution in [2.75, 3.05) is 13.2 Å². The van der Waals surface area contributed by atoms with Gasteiger partial charge in [0.2, 0.25) is 0 Å². The van der Waals surface area contributed by atoms with Crippen molar-refractivity contribution in [3.8, 4) is 11.5 Å². The van der Waals surface area contributed by atoms with Gasteiger partial charge in [0.1, 0.15) is 11.5 Å². The lowest BCUT2D eigenvalue weighted by Gasteiger charge is -2.27. The van der Waals surface area contributed by atoms with Crippen LogP contribution in [0.2, 0.25) is 0 Å². The summed E-state index contributed by atoms with van der Waals surface area (Å²) < 4.78 is 22.3. The standard InChI is InChI=1S/C23H32O4/c1-7-24-17(3)26-21-13-9-19(10-14-21)23(5,6)20-11-15-22(16-12-20)27-18(4)25-8-2/h9-18H,7-8H2,1-6H3. The van der Waals surface area contributed by atoms with Crippen LogP contribution < -0.4 is 9.47 Å². The van der Waals surface area contributed by atoms with Crippen LogP contribution in [-0.2, 0) is 14.9 Å². The van der Waals surface area contributed by atoms with E-state index in [4.69, 9.17) is 18.9 Å². The molecule has 0 aliphatic carbocycles. The molecular weight excluding hydrogens is 340 g/mol. The number of benzene rings is 2. The van der Waals surface area contributed by atoms with Gasteiger partial charge in [0, 0.05) is 18.6 Å². The Morgan fingerprint density at radius 2 is 1.00 bits per heavy atom. The second-order valence-electron chi connectivity index (χ2n) is 6.96. The molecule has 0 radical (unpaired) electrons. The molecule has 0 saturated carbocycles. The highest BCUT2D eigenvalue weighted by atomic mass is 16.7. The van der Waals surface area contributed by atoms with Crippen molar-refractivity contribution >= 4 is 0 Å². The third kappa shape index (κ3) is 5.98. The Hall–Kier alpha value is -2.04. The van der Waals surface area contributed by atoms with E-state index in [1.807, 2.05) is 52.0 Å². The molecule has 0 aromatic heterocycles. The van der Waals surface area contributed by atoms with Crippen molar-refractivity contribution in [3.05, 3.63) is 59.7 Å². The van der Waals surface area contributed by atoms with Gasteiger partial charge in [-0.25, -0.2) is 0 Å². The summed E-state index contributed by atoms with van der Waals surface area (Å²) >= 11 is 0. The molecule has 0 aliphatic heterocycles. The zero-order chi connectivity index (χ0) is 19.9. The Balaban J connectivity index is 2.08. The fourth-order valence-corrected chi connectivity index (χ4v) is 2.99. The highest BCUT2D eigenvalue weighted by Crippen LogP contribution is 2.33. The Kier molecular flexibility index (Phi) is 7.69. The quantitative estimate of drug-likeness (QED) is 0.514. The van der Waals surface area contributed by atoms with Crippen molar-refractivity contribution in [1.29, 1.82) is 0 Å². The first-order valence-corrected chi connectivity index (χ1v) is 9.64. The molecule has 0 amide bonds. The zero-order valence-corrected chi connectivity index (χ0v) is 17.3. The molecule has 2 aromatic carbocycles. The lowest BCUT2D eigenvalue weighted by Crippen LogP contribution is -2.20. The van der Waals surface area contributed by atoms with Crippen molar-refractivity contribution < 1.29 is 18.9 Å². The smallest absolute Gasteiger partial charge is 0.196 e. The number of ether oxygens (including phenoxy) is 4. The summed E-state index contributed by atoms with van der Waals surface area (Å²) in [6.45, 7) is 13.4. The Morgan fingerprint density at radius 1 is 0.667 bits per heavy atom. The van der Waals surface area contributed by atoms with Gasteiger partial charge in [-0.2, -0.15) is 0 Å².